The van der Waals surface area contributed by atoms with E-state index in [4.69, 9.17) is 4.74 Å². The minimum absolute atomic E-state index is 0.0926. The number of hydrogen-bond donors (Lipinski definition) is 4. The summed E-state index contributed by atoms with van der Waals surface area (Å²) in [5, 5.41) is 19.7. The molecule has 0 aliphatic carbocycles. The zero-order chi connectivity index (χ0) is 31.6. The number of benzene rings is 1. The highest BCUT2D eigenvalue weighted by molar-refractivity contribution is 5.96. The molecule has 2 aliphatic heterocycles. The maximum absolute atomic E-state index is 13.9. The molecule has 238 valence electrons. The maximum Gasteiger partial charge on any atom is 0.328 e. The molecule has 3 heterocycles. The molecular weight excluding hydrogens is 568 g/mol. The van der Waals surface area contributed by atoms with Crippen molar-refractivity contribution in [1.29, 1.82) is 0 Å². The Hall–Kier alpha value is -4.33. The zero-order valence-corrected chi connectivity index (χ0v) is 25.5. The molecule has 14 heteroatoms. The van der Waals surface area contributed by atoms with Crippen LogP contribution in [0.1, 0.15) is 50.3 Å². The summed E-state index contributed by atoms with van der Waals surface area (Å²) in [6, 6.07) is 4.95. The van der Waals surface area contributed by atoms with Crippen molar-refractivity contribution < 1.29 is 28.7 Å². The standard InChI is InChI=1S/C30H42N8O6/c1-19(31-2)26(39)34-24-17-21-18-37(36-35-21)14-8-7-12-22(30(43)44-3)32-27(40)23(16-20-10-5-4-6-11-20)33-28(41)25-13-9-15-38(25)29(24)42/h4-6,10-11,18-19,22-25,31H,7-9,12-17H2,1-3H3,(H,32,40)(H,33,41)(H,34,39)/t19-,22+,23+,24-,25+/m1/s1. The van der Waals surface area contributed by atoms with Gasteiger partial charge < -0.3 is 30.9 Å². The number of amides is 4. The van der Waals surface area contributed by atoms with Gasteiger partial charge in [0.15, 0.2) is 0 Å². The van der Waals surface area contributed by atoms with E-state index in [1.165, 1.54) is 12.0 Å². The highest BCUT2D eigenvalue weighted by Gasteiger charge is 2.40. The zero-order valence-electron chi connectivity index (χ0n) is 25.5. The molecule has 1 saturated heterocycles. The second kappa shape index (κ2) is 15.4. The number of fused-ring (bicyclic) bond motifs is 3. The maximum atomic E-state index is 13.9. The van der Waals surface area contributed by atoms with Crippen molar-refractivity contribution in [3.8, 4) is 0 Å². The van der Waals surface area contributed by atoms with Crippen molar-refractivity contribution in [1.82, 2.24) is 41.2 Å². The van der Waals surface area contributed by atoms with Gasteiger partial charge in [0.05, 0.1) is 18.8 Å². The van der Waals surface area contributed by atoms with E-state index in [0.717, 1.165) is 5.56 Å². The van der Waals surface area contributed by atoms with Gasteiger partial charge in [-0.1, -0.05) is 35.5 Å². The van der Waals surface area contributed by atoms with Crippen molar-refractivity contribution in [2.45, 2.75) is 88.6 Å². The lowest BCUT2D eigenvalue weighted by molar-refractivity contribution is -0.146. The van der Waals surface area contributed by atoms with Crippen LogP contribution in [0.2, 0.25) is 0 Å². The van der Waals surface area contributed by atoms with E-state index < -0.39 is 53.9 Å². The van der Waals surface area contributed by atoms with Crippen LogP contribution in [0.15, 0.2) is 36.5 Å². The summed E-state index contributed by atoms with van der Waals surface area (Å²) >= 11 is 0. The van der Waals surface area contributed by atoms with E-state index >= 15 is 0 Å². The molecule has 4 N–H and O–H groups in total. The molecule has 1 aromatic heterocycles. The summed E-state index contributed by atoms with van der Waals surface area (Å²) in [5.41, 5.74) is 1.33. The SMILES string of the molecule is CN[C@H](C)C(=O)N[C@@H]1Cc2cn(nn2)CCCC[C@@H](C(=O)OC)NC(=O)[C@H](Cc2ccccc2)NC(=O)[C@@H]2CCCN2C1=O. The lowest BCUT2D eigenvalue weighted by atomic mass is 10.0. The predicted molar refractivity (Wildman–Crippen MR) is 159 cm³/mol. The first-order valence-corrected chi connectivity index (χ1v) is 15.1. The number of carbonyl (C=O) groups is 5. The van der Waals surface area contributed by atoms with Crippen molar-refractivity contribution in [3.63, 3.8) is 0 Å². The average Bonchev–Trinajstić information content (AvgIpc) is 3.70. The van der Waals surface area contributed by atoms with Crippen LogP contribution in [0, 0.1) is 0 Å². The number of nitrogens with one attached hydrogen (secondary N) is 4. The Morgan fingerprint density at radius 2 is 1.82 bits per heavy atom. The van der Waals surface area contributed by atoms with Gasteiger partial charge in [-0.25, -0.2) is 4.79 Å². The molecule has 14 nitrogen and oxygen atoms in total. The fraction of sp³-hybridized carbons (Fsp3) is 0.567. The fourth-order valence-electron chi connectivity index (χ4n) is 5.49. The molecule has 4 rings (SSSR count). The molecule has 0 saturated carbocycles. The normalized spacial score (nSPS) is 24.2. The van der Waals surface area contributed by atoms with E-state index in [-0.39, 0.29) is 18.7 Å². The molecule has 2 aromatic rings. The molecule has 2 aliphatic rings. The van der Waals surface area contributed by atoms with Gasteiger partial charge in [0, 0.05) is 32.1 Å². The molecule has 44 heavy (non-hydrogen) atoms. The van der Waals surface area contributed by atoms with Gasteiger partial charge in [0.2, 0.25) is 23.6 Å². The number of aromatic nitrogens is 3. The molecule has 0 spiro atoms. The number of methoxy groups -OCH3 is 1. The van der Waals surface area contributed by atoms with E-state index in [2.05, 4.69) is 31.6 Å². The minimum Gasteiger partial charge on any atom is -0.467 e. The Morgan fingerprint density at radius 3 is 2.55 bits per heavy atom. The van der Waals surface area contributed by atoms with Gasteiger partial charge >= 0.3 is 5.97 Å². The third kappa shape index (κ3) is 8.40. The van der Waals surface area contributed by atoms with Crippen molar-refractivity contribution in [2.75, 3.05) is 20.7 Å². The van der Waals surface area contributed by atoms with Crippen LogP contribution >= 0.6 is 0 Å². The Kier molecular flexibility index (Phi) is 11.4. The first kappa shape index (κ1) is 32.6. The number of nitrogens with zero attached hydrogens (tertiary/aromatic N) is 4. The molecular formula is C30H42N8O6. The summed E-state index contributed by atoms with van der Waals surface area (Å²) in [4.78, 5) is 68.2. The largest absolute Gasteiger partial charge is 0.467 e. The Labute approximate surface area is 256 Å². The van der Waals surface area contributed by atoms with Crippen LogP contribution in [-0.4, -0.2) is 100 Å². The Balaban J connectivity index is 1.65. The topological polar surface area (TPSA) is 177 Å². The number of aryl methyl sites for hydroxylation is 1. The summed E-state index contributed by atoms with van der Waals surface area (Å²) in [6.45, 7) is 2.50. The second-order valence-corrected chi connectivity index (χ2v) is 11.3. The van der Waals surface area contributed by atoms with Gasteiger partial charge in [-0.2, -0.15) is 0 Å². The van der Waals surface area contributed by atoms with Crippen LogP contribution < -0.4 is 21.3 Å². The minimum atomic E-state index is -1.01. The number of likely N-dealkylation sites (N-methyl/N-ethyl adjacent to an activating group) is 1. The third-order valence-corrected chi connectivity index (χ3v) is 8.13. The van der Waals surface area contributed by atoms with E-state index in [1.54, 1.807) is 24.9 Å². The van der Waals surface area contributed by atoms with E-state index in [0.29, 0.717) is 50.9 Å². The smallest absolute Gasteiger partial charge is 0.328 e. The van der Waals surface area contributed by atoms with Crippen LogP contribution in [-0.2, 0) is 48.1 Å². The predicted octanol–water partition coefficient (Wildman–Crippen LogP) is -0.526. The lowest BCUT2D eigenvalue weighted by Crippen LogP contribution is -2.58. The highest BCUT2D eigenvalue weighted by Crippen LogP contribution is 2.20. The van der Waals surface area contributed by atoms with Crippen LogP contribution in [0.4, 0.5) is 0 Å². The quantitative estimate of drug-likeness (QED) is 0.313. The summed E-state index contributed by atoms with van der Waals surface area (Å²) < 4.78 is 6.60. The monoisotopic (exact) mass is 610 g/mol. The van der Waals surface area contributed by atoms with Crippen LogP contribution in [0.5, 0.6) is 0 Å². The fourth-order valence-corrected chi connectivity index (χ4v) is 5.49. The summed E-state index contributed by atoms with van der Waals surface area (Å²) in [6.07, 6.45) is 4.49. The number of esters is 1. The van der Waals surface area contributed by atoms with E-state index in [1.807, 2.05) is 30.3 Å². The second-order valence-electron chi connectivity index (χ2n) is 11.3. The molecule has 0 unspecified atom stereocenters. The molecule has 1 fully saturated rings. The molecule has 0 radical (unpaired) electrons. The average molecular weight is 611 g/mol. The van der Waals surface area contributed by atoms with Crippen LogP contribution in [0.25, 0.3) is 0 Å². The number of ether oxygens (including phenoxy) is 1. The molecule has 5 atom stereocenters. The number of rotatable bonds is 6. The Bertz CT molecular complexity index is 1320. The van der Waals surface area contributed by atoms with Gasteiger partial charge in [0.1, 0.15) is 24.2 Å². The van der Waals surface area contributed by atoms with E-state index in [9.17, 15) is 24.0 Å². The first-order valence-electron chi connectivity index (χ1n) is 15.1. The summed E-state index contributed by atoms with van der Waals surface area (Å²) in [7, 11) is 2.92. The molecule has 1 aromatic carbocycles. The molecule has 4 amide bonds. The van der Waals surface area contributed by atoms with Crippen molar-refractivity contribution in [2.24, 2.45) is 0 Å². The van der Waals surface area contributed by atoms with Gasteiger partial charge in [0.25, 0.3) is 0 Å². The van der Waals surface area contributed by atoms with Gasteiger partial charge in [-0.05, 0) is 51.6 Å². The third-order valence-electron chi connectivity index (χ3n) is 8.13. The first-order chi connectivity index (χ1) is 21.2. The molecule has 2 bridgehead atoms. The number of hydrogen-bond acceptors (Lipinski definition) is 9. The highest BCUT2D eigenvalue weighted by atomic mass is 16.5. The summed E-state index contributed by atoms with van der Waals surface area (Å²) in [5.74, 6) is -2.36. The lowest BCUT2D eigenvalue weighted by Gasteiger charge is -2.30. The van der Waals surface area contributed by atoms with Gasteiger partial charge in [-0.15, -0.1) is 5.10 Å². The van der Waals surface area contributed by atoms with Crippen molar-refractivity contribution in [3.05, 3.63) is 47.8 Å². The van der Waals surface area contributed by atoms with Gasteiger partial charge in [-0.3, -0.25) is 23.9 Å². The number of carbonyl (C=O) groups excluding carboxylic acids is 5. The Morgan fingerprint density at radius 1 is 1.05 bits per heavy atom. The van der Waals surface area contributed by atoms with Crippen LogP contribution in [0.3, 0.4) is 0 Å². The van der Waals surface area contributed by atoms with Crippen molar-refractivity contribution >= 4 is 29.6 Å².